The average Bonchev–Trinajstić information content (AvgIpc) is 2.42. The number of hydrogen-bond donors (Lipinski definition) is 2. The molecule has 0 aromatic carbocycles. The van der Waals surface area contributed by atoms with E-state index in [9.17, 15) is 15.0 Å². The summed E-state index contributed by atoms with van der Waals surface area (Å²) in [7, 11) is 0. The molecule has 4 nitrogen and oxygen atoms in total. The predicted octanol–water partition coefficient (Wildman–Crippen LogP) is 0.515. The van der Waals surface area contributed by atoms with Crippen LogP contribution in [0.15, 0.2) is 11.1 Å². The number of carbonyl (C=O) groups is 1. The summed E-state index contributed by atoms with van der Waals surface area (Å²) in [5.41, 5.74) is 1.34. The largest absolute Gasteiger partial charge is 0.364 e. The van der Waals surface area contributed by atoms with Crippen molar-refractivity contribution in [3.63, 3.8) is 0 Å². The number of carbonyl (C=O) groups excluding carboxylic acids is 1. The van der Waals surface area contributed by atoms with Gasteiger partial charge in [0, 0.05) is 5.92 Å². The Morgan fingerprint density at radius 2 is 2.00 bits per heavy atom. The Kier molecular flexibility index (Phi) is 2.62. The van der Waals surface area contributed by atoms with Gasteiger partial charge in [0.1, 0.15) is 0 Å². The van der Waals surface area contributed by atoms with Crippen molar-refractivity contribution in [3.05, 3.63) is 11.1 Å². The van der Waals surface area contributed by atoms with E-state index in [4.69, 9.17) is 16.3 Å². The van der Waals surface area contributed by atoms with Crippen LogP contribution in [0, 0.1) is 5.92 Å². The summed E-state index contributed by atoms with van der Waals surface area (Å²) in [6.45, 7) is 0. The minimum absolute atomic E-state index is 0.251. The van der Waals surface area contributed by atoms with Crippen molar-refractivity contribution >= 4 is 16.8 Å². The van der Waals surface area contributed by atoms with E-state index < -0.39 is 12.6 Å². The molecule has 2 rings (SSSR count). The van der Waals surface area contributed by atoms with Crippen LogP contribution in [-0.2, 0) is 9.53 Å². The molecule has 3 atom stereocenters. The number of halogens is 1. The van der Waals surface area contributed by atoms with Gasteiger partial charge in [-0.05, 0) is 42.0 Å². The van der Waals surface area contributed by atoms with Crippen LogP contribution in [0.25, 0.3) is 0 Å². The van der Waals surface area contributed by atoms with Crippen LogP contribution in [0.3, 0.4) is 0 Å². The molecule has 0 amide bonds. The number of ether oxygens (including phenoxy) is 1. The second-order valence-corrected chi connectivity index (χ2v) is 4.01. The highest BCUT2D eigenvalue weighted by molar-refractivity contribution is 6.64. The molecule has 5 heteroatoms. The highest BCUT2D eigenvalue weighted by Crippen LogP contribution is 2.39. The molecule has 0 spiro atoms. The Balaban J connectivity index is 2.19. The molecule has 0 saturated heterocycles. The van der Waals surface area contributed by atoms with Gasteiger partial charge in [-0.3, -0.25) is 4.79 Å². The van der Waals surface area contributed by atoms with Gasteiger partial charge in [0.15, 0.2) is 12.6 Å². The van der Waals surface area contributed by atoms with E-state index in [1.165, 1.54) is 0 Å². The number of rotatable bonds is 1. The van der Waals surface area contributed by atoms with E-state index in [1.54, 1.807) is 0 Å². The molecule has 0 aromatic rings. The molecule has 2 aliphatic rings. The minimum atomic E-state index is -1.07. The summed E-state index contributed by atoms with van der Waals surface area (Å²) >= 11 is 5.38. The fourth-order valence-electron chi connectivity index (χ4n) is 2.01. The Morgan fingerprint density at radius 3 is 2.64 bits per heavy atom. The lowest BCUT2D eigenvalue weighted by Gasteiger charge is -2.20. The third kappa shape index (κ3) is 1.59. The maximum Gasteiger partial charge on any atom is 0.225 e. The average molecular weight is 219 g/mol. The summed E-state index contributed by atoms with van der Waals surface area (Å²) in [5.74, 6) is -0.251. The standard InChI is InChI=1S/C9H11ClO4/c10-7(11)4-1-2-5-6(3-4)9(13)14-8(5)12/h4,8-9,12-13H,1-3H2/t4-,8-,9?/m1/s1. The number of hydrogen-bond acceptors (Lipinski definition) is 4. The monoisotopic (exact) mass is 218 g/mol. The summed E-state index contributed by atoms with van der Waals surface area (Å²) in [4.78, 5) is 10.9. The van der Waals surface area contributed by atoms with Crippen LogP contribution >= 0.6 is 11.6 Å². The lowest BCUT2D eigenvalue weighted by molar-refractivity contribution is -0.154. The molecule has 1 heterocycles. The Hall–Kier alpha value is -0.420. The van der Waals surface area contributed by atoms with E-state index in [-0.39, 0.29) is 11.2 Å². The minimum Gasteiger partial charge on any atom is -0.364 e. The third-order valence-electron chi connectivity index (χ3n) is 2.82. The van der Waals surface area contributed by atoms with Crippen LogP contribution in [0.2, 0.25) is 0 Å². The van der Waals surface area contributed by atoms with Gasteiger partial charge in [-0.2, -0.15) is 0 Å². The number of aliphatic hydroxyl groups excluding tert-OH is 2. The quantitative estimate of drug-likeness (QED) is 0.497. The molecule has 78 valence electrons. The highest BCUT2D eigenvalue weighted by atomic mass is 35.5. The molecule has 2 N–H and O–H groups in total. The molecule has 14 heavy (non-hydrogen) atoms. The SMILES string of the molecule is O=C(Cl)[C@@H]1CCC2=C(C1)C(O)O[C@H]2O. The first-order valence-electron chi connectivity index (χ1n) is 4.52. The van der Waals surface area contributed by atoms with Crippen molar-refractivity contribution in [3.8, 4) is 0 Å². The smallest absolute Gasteiger partial charge is 0.225 e. The van der Waals surface area contributed by atoms with Crippen molar-refractivity contribution in [1.82, 2.24) is 0 Å². The molecule has 0 fully saturated rings. The van der Waals surface area contributed by atoms with Gasteiger partial charge in [-0.1, -0.05) is 0 Å². The van der Waals surface area contributed by atoms with E-state index in [1.807, 2.05) is 0 Å². The zero-order valence-corrected chi connectivity index (χ0v) is 8.20. The first-order valence-corrected chi connectivity index (χ1v) is 4.90. The topological polar surface area (TPSA) is 66.8 Å². The lowest BCUT2D eigenvalue weighted by Crippen LogP contribution is -2.19. The first kappa shape index (κ1) is 10.1. The maximum absolute atomic E-state index is 10.9. The fraction of sp³-hybridized carbons (Fsp3) is 0.667. The normalized spacial score (nSPS) is 37.2. The molecular weight excluding hydrogens is 208 g/mol. The van der Waals surface area contributed by atoms with Crippen LogP contribution in [0.5, 0.6) is 0 Å². The lowest BCUT2D eigenvalue weighted by atomic mass is 9.85. The molecular formula is C9H11ClO4. The van der Waals surface area contributed by atoms with Gasteiger partial charge < -0.3 is 14.9 Å². The van der Waals surface area contributed by atoms with Crippen LogP contribution < -0.4 is 0 Å². The molecule has 0 aromatic heterocycles. The van der Waals surface area contributed by atoms with E-state index >= 15 is 0 Å². The van der Waals surface area contributed by atoms with Gasteiger partial charge in [-0.25, -0.2) is 0 Å². The first-order chi connectivity index (χ1) is 6.59. The summed E-state index contributed by atoms with van der Waals surface area (Å²) in [5, 5.41) is 18.4. The summed E-state index contributed by atoms with van der Waals surface area (Å²) in [6.07, 6.45) is -0.494. The van der Waals surface area contributed by atoms with Crippen LogP contribution in [0.4, 0.5) is 0 Å². The van der Waals surface area contributed by atoms with Crippen molar-refractivity contribution in [2.24, 2.45) is 5.92 Å². The second kappa shape index (κ2) is 3.62. The third-order valence-corrected chi connectivity index (χ3v) is 3.12. The van der Waals surface area contributed by atoms with Crippen molar-refractivity contribution < 1.29 is 19.7 Å². The summed E-state index contributed by atoms with van der Waals surface area (Å²) < 4.78 is 4.82. The Morgan fingerprint density at radius 1 is 1.36 bits per heavy atom. The van der Waals surface area contributed by atoms with Crippen LogP contribution in [-0.4, -0.2) is 28.0 Å². The van der Waals surface area contributed by atoms with Gasteiger partial charge in [0.25, 0.3) is 0 Å². The van der Waals surface area contributed by atoms with E-state index in [0.29, 0.717) is 30.4 Å². The maximum atomic E-state index is 10.9. The predicted molar refractivity (Wildman–Crippen MR) is 48.3 cm³/mol. The van der Waals surface area contributed by atoms with Gasteiger partial charge in [0.05, 0.1) is 0 Å². The van der Waals surface area contributed by atoms with E-state index in [2.05, 4.69) is 0 Å². The fourth-order valence-corrected chi connectivity index (χ4v) is 2.20. The molecule has 0 radical (unpaired) electrons. The molecule has 0 saturated carbocycles. The van der Waals surface area contributed by atoms with Gasteiger partial charge in [0.2, 0.25) is 5.24 Å². The molecule has 1 unspecified atom stereocenters. The van der Waals surface area contributed by atoms with Crippen molar-refractivity contribution in [2.45, 2.75) is 31.8 Å². The van der Waals surface area contributed by atoms with Gasteiger partial charge >= 0.3 is 0 Å². The number of aliphatic hydroxyl groups is 2. The summed E-state index contributed by atoms with van der Waals surface area (Å²) in [6, 6.07) is 0. The van der Waals surface area contributed by atoms with E-state index in [0.717, 1.165) is 0 Å². The zero-order chi connectivity index (χ0) is 10.3. The Bertz CT molecular complexity index is 299. The van der Waals surface area contributed by atoms with Crippen molar-refractivity contribution in [2.75, 3.05) is 0 Å². The molecule has 1 aliphatic heterocycles. The Labute approximate surface area is 86.1 Å². The molecule has 1 aliphatic carbocycles. The molecule has 0 bridgehead atoms. The van der Waals surface area contributed by atoms with Crippen LogP contribution in [0.1, 0.15) is 19.3 Å². The zero-order valence-electron chi connectivity index (χ0n) is 7.44. The second-order valence-electron chi connectivity index (χ2n) is 3.64. The highest BCUT2D eigenvalue weighted by Gasteiger charge is 2.37. The van der Waals surface area contributed by atoms with Gasteiger partial charge in [-0.15, -0.1) is 0 Å². The van der Waals surface area contributed by atoms with Crippen molar-refractivity contribution in [1.29, 1.82) is 0 Å².